The third-order valence-corrected chi connectivity index (χ3v) is 3.42. The number of hydrogen-bond acceptors (Lipinski definition) is 4. The number of thiophene rings is 1. The van der Waals surface area contributed by atoms with Gasteiger partial charge in [0.15, 0.2) is 0 Å². The summed E-state index contributed by atoms with van der Waals surface area (Å²) in [5.74, 6) is 0. The van der Waals surface area contributed by atoms with Crippen molar-refractivity contribution in [3.05, 3.63) is 17.0 Å². The van der Waals surface area contributed by atoms with Gasteiger partial charge in [-0.05, 0) is 23.2 Å². The Morgan fingerprint density at radius 3 is 2.77 bits per heavy atom. The maximum atomic E-state index is 10.5. The first kappa shape index (κ1) is 13.4. The Kier molecular flexibility index (Phi) is 6.96. The molecule has 0 aliphatic rings. The van der Waals surface area contributed by atoms with Gasteiger partial charge in [0.25, 0.3) is 0 Å². The van der Waals surface area contributed by atoms with E-state index in [0.29, 0.717) is 10.8 Å². The summed E-state index contributed by atoms with van der Waals surface area (Å²) in [5.41, 5.74) is 0. The van der Waals surface area contributed by atoms with E-state index in [-0.39, 0.29) is 18.9 Å². The molecule has 0 amide bonds. The first-order valence-corrected chi connectivity index (χ1v) is 5.30. The van der Waals surface area contributed by atoms with Crippen molar-refractivity contribution >= 4 is 22.4 Å². The van der Waals surface area contributed by atoms with Gasteiger partial charge >= 0.3 is 18.9 Å². The van der Waals surface area contributed by atoms with Crippen LogP contribution in [0.25, 0.3) is 0 Å². The van der Waals surface area contributed by atoms with Crippen LogP contribution in [0.4, 0.5) is 0 Å². The van der Waals surface area contributed by atoms with Gasteiger partial charge in [-0.15, -0.1) is 11.3 Å². The van der Waals surface area contributed by atoms with Crippen molar-refractivity contribution in [2.75, 3.05) is 13.7 Å². The molecule has 68 valence electrons. The van der Waals surface area contributed by atoms with Crippen molar-refractivity contribution in [2.24, 2.45) is 0 Å². The molecule has 1 aromatic rings. The molecule has 0 bridgehead atoms. The summed E-state index contributed by atoms with van der Waals surface area (Å²) in [6, 6.07) is 3.42. The average Bonchev–Trinajstić information content (AvgIpc) is 2.48. The van der Waals surface area contributed by atoms with E-state index < -0.39 is 11.1 Å². The number of methoxy groups -OCH3 is 1. The monoisotopic (exact) mass is 212 g/mol. The normalized spacial score (nSPS) is 12.2. The molecule has 1 aromatic heterocycles. The maximum Gasteiger partial charge on any atom is 1.00 e. The molecule has 1 atom stereocenters. The summed E-state index contributed by atoms with van der Waals surface area (Å²) in [7, 11) is 1.63. The Hall–Kier alpha value is 0.367. The van der Waals surface area contributed by atoms with Crippen molar-refractivity contribution in [1.82, 2.24) is 0 Å². The molecule has 0 aliphatic carbocycles. The molecule has 0 saturated heterocycles. The zero-order valence-electron chi connectivity index (χ0n) is 7.61. The van der Waals surface area contributed by atoms with Crippen molar-refractivity contribution in [2.45, 2.75) is 10.6 Å². The van der Waals surface area contributed by atoms with E-state index >= 15 is 0 Å². The summed E-state index contributed by atoms with van der Waals surface area (Å²) in [5, 5.41) is 0. The van der Waals surface area contributed by atoms with Gasteiger partial charge in [0.1, 0.15) is 0 Å². The van der Waals surface area contributed by atoms with Crippen LogP contribution in [0.5, 0.6) is 0 Å². The van der Waals surface area contributed by atoms with Gasteiger partial charge in [0.05, 0.1) is 10.8 Å². The first-order valence-electron chi connectivity index (χ1n) is 3.41. The summed E-state index contributed by atoms with van der Waals surface area (Å²) >= 11 is -0.798. The van der Waals surface area contributed by atoms with Crippen molar-refractivity contribution < 1.29 is 32.4 Å². The van der Waals surface area contributed by atoms with Gasteiger partial charge in [-0.2, -0.15) is 0 Å². The van der Waals surface area contributed by atoms with Crippen LogP contribution in [0.2, 0.25) is 0 Å². The van der Waals surface area contributed by atoms with E-state index in [0.717, 1.165) is 11.3 Å². The van der Waals surface area contributed by atoms with Crippen LogP contribution in [-0.2, 0) is 22.2 Å². The van der Waals surface area contributed by atoms with Gasteiger partial charge < -0.3 is 9.29 Å². The fourth-order valence-corrected chi connectivity index (χ4v) is 2.27. The van der Waals surface area contributed by atoms with E-state index in [2.05, 4.69) is 0 Å². The molecule has 1 heterocycles. The molecule has 3 nitrogen and oxygen atoms in total. The summed E-state index contributed by atoms with van der Waals surface area (Å²) in [6.45, 7) is 0.630. The fraction of sp³-hybridized carbons (Fsp3) is 0.429. The first-order chi connectivity index (χ1) is 5.74. The minimum atomic E-state index is -2.09. The molecule has 1 unspecified atom stereocenters. The van der Waals surface area contributed by atoms with Crippen LogP contribution in [0, 0.1) is 0 Å². The molecule has 0 saturated carbocycles. The SMILES string of the molecule is COCCc1ccc(S(=O)[O-])s1.[Li+]. The predicted octanol–water partition coefficient (Wildman–Crippen LogP) is -1.82. The summed E-state index contributed by atoms with van der Waals surface area (Å²) in [6.07, 6.45) is 0.776. The van der Waals surface area contributed by atoms with Crippen molar-refractivity contribution in [1.29, 1.82) is 0 Å². The van der Waals surface area contributed by atoms with E-state index in [1.807, 2.05) is 6.07 Å². The zero-order chi connectivity index (χ0) is 8.97. The van der Waals surface area contributed by atoms with E-state index in [9.17, 15) is 8.76 Å². The number of hydrogen-bond donors (Lipinski definition) is 0. The van der Waals surface area contributed by atoms with E-state index in [1.165, 1.54) is 11.3 Å². The second-order valence-corrected chi connectivity index (χ2v) is 4.53. The zero-order valence-corrected chi connectivity index (χ0v) is 9.24. The predicted molar refractivity (Wildman–Crippen MR) is 47.1 cm³/mol. The molecular weight excluding hydrogens is 203 g/mol. The molecule has 0 aromatic carbocycles. The van der Waals surface area contributed by atoms with Gasteiger partial charge in [-0.25, -0.2) is 0 Å². The van der Waals surface area contributed by atoms with Crippen LogP contribution in [0.15, 0.2) is 16.3 Å². The molecular formula is C7H9LiO3S2. The van der Waals surface area contributed by atoms with Crippen LogP contribution < -0.4 is 18.9 Å². The van der Waals surface area contributed by atoms with Gasteiger partial charge in [-0.3, -0.25) is 4.21 Å². The molecule has 0 spiro atoms. The topological polar surface area (TPSA) is 49.4 Å². The van der Waals surface area contributed by atoms with E-state index in [4.69, 9.17) is 4.74 Å². The number of rotatable bonds is 4. The van der Waals surface area contributed by atoms with E-state index in [1.54, 1.807) is 13.2 Å². The Labute approximate surface area is 96.0 Å². The molecule has 6 heteroatoms. The standard InChI is InChI=1S/C7H10O3S2.Li/c1-10-5-4-6-2-3-7(11-6)12(8)9;/h2-3H,4-5H2,1H3,(H,8,9);/q;+1/p-1. The Morgan fingerprint density at radius 1 is 1.62 bits per heavy atom. The molecule has 1 rings (SSSR count). The molecule has 0 N–H and O–H groups in total. The quantitative estimate of drug-likeness (QED) is 0.436. The van der Waals surface area contributed by atoms with Crippen LogP contribution in [0.1, 0.15) is 4.88 Å². The average molecular weight is 212 g/mol. The molecule has 13 heavy (non-hydrogen) atoms. The Bertz CT molecular complexity index is 274. The van der Waals surface area contributed by atoms with Gasteiger partial charge in [0.2, 0.25) is 0 Å². The van der Waals surface area contributed by atoms with Crippen LogP contribution >= 0.6 is 11.3 Å². The molecule has 0 radical (unpaired) electrons. The third kappa shape index (κ3) is 4.41. The Morgan fingerprint density at radius 2 is 2.31 bits per heavy atom. The summed E-state index contributed by atoms with van der Waals surface area (Å²) < 4.78 is 26.2. The number of ether oxygens (including phenoxy) is 1. The fourth-order valence-electron chi connectivity index (χ4n) is 0.785. The minimum absolute atomic E-state index is 0. The second kappa shape index (κ2) is 6.77. The second-order valence-electron chi connectivity index (χ2n) is 2.20. The van der Waals surface area contributed by atoms with Crippen LogP contribution in [0.3, 0.4) is 0 Å². The minimum Gasteiger partial charge on any atom is -0.768 e. The largest absolute Gasteiger partial charge is 1.00 e. The van der Waals surface area contributed by atoms with Crippen molar-refractivity contribution in [3.63, 3.8) is 0 Å². The Balaban J connectivity index is 0.00000144. The smallest absolute Gasteiger partial charge is 0.768 e. The summed E-state index contributed by atoms with van der Waals surface area (Å²) in [4.78, 5) is 1.04. The van der Waals surface area contributed by atoms with Gasteiger partial charge in [0, 0.05) is 18.4 Å². The maximum absolute atomic E-state index is 10.5. The third-order valence-electron chi connectivity index (χ3n) is 1.35. The van der Waals surface area contributed by atoms with Gasteiger partial charge in [-0.1, -0.05) is 0 Å². The van der Waals surface area contributed by atoms with Crippen molar-refractivity contribution in [3.8, 4) is 0 Å². The molecule has 0 fully saturated rings. The van der Waals surface area contributed by atoms with Crippen LogP contribution in [-0.4, -0.2) is 22.5 Å². The molecule has 0 aliphatic heterocycles.